The molecule has 1 heterocycles. The van der Waals surface area contributed by atoms with Crippen LogP contribution >= 0.6 is 0 Å². The number of aromatic amines is 1. The number of rotatable bonds is 2. The third kappa shape index (κ3) is 1.90. The minimum Gasteiger partial charge on any atom is -0.330 e. The van der Waals surface area contributed by atoms with Crippen molar-refractivity contribution >= 4 is 0 Å². The fraction of sp³-hybridized carbons (Fsp3) is 0.667. The van der Waals surface area contributed by atoms with Crippen LogP contribution in [0.2, 0.25) is 0 Å². The zero-order valence-electron chi connectivity index (χ0n) is 8.61. The smallest absolute Gasteiger partial charge is 0.330 e. The average molecular weight is 255 g/mol. The van der Waals surface area contributed by atoms with Crippen LogP contribution in [0.25, 0.3) is 0 Å². The highest BCUT2D eigenvalue weighted by molar-refractivity contribution is 5.34. The molecule has 1 aromatic heterocycles. The van der Waals surface area contributed by atoms with Crippen molar-refractivity contribution < 1.29 is 22.0 Å². The third-order valence-electron chi connectivity index (χ3n) is 3.08. The van der Waals surface area contributed by atoms with Crippen molar-refractivity contribution in [3.63, 3.8) is 0 Å². The Bertz CT molecular complexity index is 415. The second kappa shape index (κ2) is 3.41. The van der Waals surface area contributed by atoms with Crippen molar-refractivity contribution in [1.82, 2.24) is 10.2 Å². The van der Waals surface area contributed by atoms with Gasteiger partial charge in [0.15, 0.2) is 0 Å². The molecular formula is C9H10F5N3. The zero-order chi connectivity index (χ0) is 12.9. The lowest BCUT2D eigenvalue weighted by atomic mass is 9.62. The molecule has 0 bridgehead atoms. The van der Waals surface area contributed by atoms with Crippen molar-refractivity contribution in [3.8, 4) is 0 Å². The molecule has 17 heavy (non-hydrogen) atoms. The molecule has 2 rings (SSSR count). The Hall–Kier alpha value is -1.18. The number of hydrogen-bond acceptors (Lipinski definition) is 2. The molecule has 96 valence electrons. The molecule has 1 aliphatic rings. The molecule has 0 aromatic carbocycles. The van der Waals surface area contributed by atoms with Crippen molar-refractivity contribution in [3.05, 3.63) is 17.5 Å². The third-order valence-corrected chi connectivity index (χ3v) is 3.08. The normalized spacial score (nSPS) is 22.2. The van der Waals surface area contributed by atoms with Gasteiger partial charge in [-0.2, -0.15) is 18.3 Å². The molecule has 1 fully saturated rings. The zero-order valence-corrected chi connectivity index (χ0v) is 8.61. The number of hydrogen-bond donors (Lipinski definition) is 2. The van der Waals surface area contributed by atoms with Crippen LogP contribution in [0.3, 0.4) is 0 Å². The number of nitrogens with zero attached hydrogens (tertiary/aromatic N) is 1. The molecular weight excluding hydrogens is 245 g/mol. The van der Waals surface area contributed by atoms with Crippen LogP contribution in [0, 0.1) is 0 Å². The molecule has 0 aliphatic heterocycles. The van der Waals surface area contributed by atoms with E-state index in [-0.39, 0.29) is 12.1 Å². The van der Waals surface area contributed by atoms with Gasteiger partial charge in [-0.15, -0.1) is 0 Å². The van der Waals surface area contributed by atoms with Crippen LogP contribution in [-0.2, 0) is 11.6 Å². The molecule has 0 spiro atoms. The van der Waals surface area contributed by atoms with Crippen LogP contribution in [-0.4, -0.2) is 22.7 Å². The highest BCUT2D eigenvalue weighted by Crippen LogP contribution is 2.54. The molecule has 3 nitrogen and oxygen atoms in total. The van der Waals surface area contributed by atoms with Crippen molar-refractivity contribution in [2.75, 3.05) is 6.54 Å². The standard InChI is InChI=1S/C9H10F5N3/c10-8(11)2-7(3-8,4-15)5-1-16-17-6(5)9(12,13)14/h1H,2-4,15H2,(H,16,17). The quantitative estimate of drug-likeness (QED) is 0.795. The Morgan fingerprint density at radius 1 is 1.35 bits per heavy atom. The van der Waals surface area contributed by atoms with Gasteiger partial charge in [-0.25, -0.2) is 8.78 Å². The number of nitrogens with two attached hydrogens (primary N) is 1. The Labute approximate surface area is 93.2 Å². The minimum absolute atomic E-state index is 0.259. The number of H-pyrrole nitrogens is 1. The molecule has 1 saturated carbocycles. The van der Waals surface area contributed by atoms with Gasteiger partial charge in [0.05, 0.1) is 6.20 Å². The summed E-state index contributed by atoms with van der Waals surface area (Å²) < 4.78 is 63.6. The summed E-state index contributed by atoms with van der Waals surface area (Å²) in [5.41, 5.74) is 2.68. The maximum Gasteiger partial charge on any atom is 0.433 e. The summed E-state index contributed by atoms with van der Waals surface area (Å²) in [5, 5.41) is 5.09. The topological polar surface area (TPSA) is 54.7 Å². The van der Waals surface area contributed by atoms with E-state index in [1.807, 2.05) is 0 Å². The van der Waals surface area contributed by atoms with E-state index >= 15 is 0 Å². The fourth-order valence-corrected chi connectivity index (χ4v) is 2.29. The highest BCUT2D eigenvalue weighted by Gasteiger charge is 2.59. The molecule has 1 aromatic rings. The predicted molar refractivity (Wildman–Crippen MR) is 48.5 cm³/mol. The maximum atomic E-state index is 12.9. The Morgan fingerprint density at radius 3 is 2.35 bits per heavy atom. The van der Waals surface area contributed by atoms with Crippen LogP contribution < -0.4 is 5.73 Å². The van der Waals surface area contributed by atoms with Gasteiger partial charge >= 0.3 is 6.18 Å². The van der Waals surface area contributed by atoms with Crippen LogP contribution in [0.15, 0.2) is 6.20 Å². The Morgan fingerprint density at radius 2 is 1.94 bits per heavy atom. The summed E-state index contributed by atoms with van der Waals surface area (Å²) in [6.07, 6.45) is -5.04. The first-order valence-corrected chi connectivity index (χ1v) is 4.89. The molecule has 0 radical (unpaired) electrons. The van der Waals surface area contributed by atoms with Gasteiger partial charge in [-0.1, -0.05) is 0 Å². The van der Waals surface area contributed by atoms with Gasteiger partial charge in [-0.3, -0.25) is 5.10 Å². The number of aromatic nitrogens is 2. The summed E-state index contributed by atoms with van der Waals surface area (Å²) in [6.45, 7) is -0.259. The largest absolute Gasteiger partial charge is 0.433 e. The molecule has 0 unspecified atom stereocenters. The molecule has 1 aliphatic carbocycles. The highest BCUT2D eigenvalue weighted by atomic mass is 19.4. The summed E-state index contributed by atoms with van der Waals surface area (Å²) in [5.74, 6) is -2.94. The van der Waals surface area contributed by atoms with Gasteiger partial charge in [0, 0.05) is 30.4 Å². The van der Waals surface area contributed by atoms with E-state index in [1.165, 1.54) is 0 Å². The van der Waals surface area contributed by atoms with Crippen LogP contribution in [0.5, 0.6) is 0 Å². The maximum absolute atomic E-state index is 12.9. The van der Waals surface area contributed by atoms with E-state index in [0.717, 1.165) is 6.20 Å². The number of alkyl halides is 5. The first-order valence-electron chi connectivity index (χ1n) is 4.89. The lowest BCUT2D eigenvalue weighted by Crippen LogP contribution is -2.54. The van der Waals surface area contributed by atoms with E-state index in [4.69, 9.17) is 5.73 Å². The van der Waals surface area contributed by atoms with E-state index < -0.39 is 36.0 Å². The fourth-order valence-electron chi connectivity index (χ4n) is 2.29. The Balaban J connectivity index is 2.38. The van der Waals surface area contributed by atoms with Gasteiger partial charge in [-0.05, 0) is 0 Å². The lowest BCUT2D eigenvalue weighted by molar-refractivity contribution is -0.149. The summed E-state index contributed by atoms with van der Waals surface area (Å²) in [4.78, 5) is 0. The van der Waals surface area contributed by atoms with Crippen molar-refractivity contribution in [2.24, 2.45) is 5.73 Å². The first kappa shape index (κ1) is 12.3. The lowest BCUT2D eigenvalue weighted by Gasteiger charge is -2.46. The molecule has 8 heteroatoms. The van der Waals surface area contributed by atoms with Crippen LogP contribution in [0.1, 0.15) is 24.1 Å². The van der Waals surface area contributed by atoms with Crippen molar-refractivity contribution in [2.45, 2.75) is 30.4 Å². The molecule has 0 atom stereocenters. The minimum atomic E-state index is -4.64. The van der Waals surface area contributed by atoms with E-state index in [0.29, 0.717) is 0 Å². The number of halogens is 5. The van der Waals surface area contributed by atoms with Gasteiger partial charge in [0.25, 0.3) is 0 Å². The Kier molecular flexibility index (Phi) is 2.46. The second-order valence-electron chi connectivity index (χ2n) is 4.35. The predicted octanol–water partition coefficient (Wildman–Crippen LogP) is 2.05. The second-order valence-corrected chi connectivity index (χ2v) is 4.35. The monoisotopic (exact) mass is 255 g/mol. The van der Waals surface area contributed by atoms with Gasteiger partial charge in [0.1, 0.15) is 5.69 Å². The molecule has 3 N–H and O–H groups in total. The van der Waals surface area contributed by atoms with Crippen LogP contribution in [0.4, 0.5) is 22.0 Å². The average Bonchev–Trinajstić information content (AvgIpc) is 2.60. The first-order chi connectivity index (χ1) is 7.70. The van der Waals surface area contributed by atoms with Gasteiger partial charge in [0.2, 0.25) is 5.92 Å². The summed E-state index contributed by atoms with van der Waals surface area (Å²) in [7, 11) is 0. The molecule has 0 amide bonds. The van der Waals surface area contributed by atoms with E-state index in [1.54, 1.807) is 5.10 Å². The van der Waals surface area contributed by atoms with Gasteiger partial charge < -0.3 is 5.73 Å². The molecule has 0 saturated heterocycles. The van der Waals surface area contributed by atoms with E-state index in [2.05, 4.69) is 5.10 Å². The van der Waals surface area contributed by atoms with E-state index in [9.17, 15) is 22.0 Å². The van der Waals surface area contributed by atoms with Crippen molar-refractivity contribution in [1.29, 1.82) is 0 Å². The summed E-state index contributed by atoms with van der Waals surface area (Å²) >= 11 is 0. The SMILES string of the molecule is NCC1(c2cn[nH]c2C(F)(F)F)CC(F)(F)C1. The summed E-state index contributed by atoms with van der Waals surface area (Å²) in [6, 6.07) is 0. The number of nitrogens with one attached hydrogen (secondary N) is 1.